The Labute approximate surface area is 196 Å². The van der Waals surface area contributed by atoms with Crippen LogP contribution in [0.25, 0.3) is 17.1 Å². The van der Waals surface area contributed by atoms with E-state index in [0.29, 0.717) is 5.16 Å². The molecule has 33 heavy (non-hydrogen) atoms. The van der Waals surface area contributed by atoms with Gasteiger partial charge in [0, 0.05) is 11.3 Å². The van der Waals surface area contributed by atoms with Gasteiger partial charge in [-0.3, -0.25) is 9.36 Å². The van der Waals surface area contributed by atoms with E-state index in [-0.39, 0.29) is 11.7 Å². The van der Waals surface area contributed by atoms with Gasteiger partial charge in [0.05, 0.1) is 19.1 Å². The summed E-state index contributed by atoms with van der Waals surface area (Å²) in [7, 11) is 1.61. The van der Waals surface area contributed by atoms with Crippen LogP contribution in [0.4, 0.5) is 0 Å². The lowest BCUT2D eigenvalue weighted by molar-refractivity contribution is -0.118. The number of hydrazone groups is 1. The van der Waals surface area contributed by atoms with Crippen LogP contribution in [-0.4, -0.2) is 39.7 Å². The van der Waals surface area contributed by atoms with E-state index < -0.39 is 0 Å². The van der Waals surface area contributed by atoms with E-state index in [1.54, 1.807) is 13.3 Å². The highest BCUT2D eigenvalue weighted by molar-refractivity contribution is 7.99. The molecule has 0 saturated heterocycles. The fourth-order valence-electron chi connectivity index (χ4n) is 3.10. The number of ether oxygens (including phenoxy) is 1. The van der Waals surface area contributed by atoms with Crippen molar-refractivity contribution in [3.63, 3.8) is 0 Å². The first-order chi connectivity index (χ1) is 16.1. The molecule has 1 heterocycles. The summed E-state index contributed by atoms with van der Waals surface area (Å²) in [6.45, 7) is 2.04. The van der Waals surface area contributed by atoms with Crippen LogP contribution in [-0.2, 0) is 4.79 Å². The number of nitrogens with one attached hydrogen (secondary N) is 1. The number of rotatable bonds is 8. The molecule has 166 valence electrons. The van der Waals surface area contributed by atoms with Crippen molar-refractivity contribution in [2.24, 2.45) is 5.10 Å². The number of thioether (sulfide) groups is 1. The molecular weight excluding hydrogens is 434 g/mol. The summed E-state index contributed by atoms with van der Waals surface area (Å²) >= 11 is 1.31. The van der Waals surface area contributed by atoms with Crippen molar-refractivity contribution in [3.05, 3.63) is 90.0 Å². The standard InChI is InChI=1S/C25H23N5O2S/c1-18-8-12-21(13-9-18)30-24(20-6-4-3-5-7-20)28-29-25(30)33-17-23(31)27-26-16-19-10-14-22(32-2)15-11-19/h3-16H,17H2,1-2H3,(H,27,31)/b26-16+. The Bertz CT molecular complexity index is 1240. The Morgan fingerprint density at radius 3 is 2.45 bits per heavy atom. The van der Waals surface area contributed by atoms with Crippen molar-refractivity contribution in [1.29, 1.82) is 0 Å². The third-order valence-corrected chi connectivity index (χ3v) is 5.74. The van der Waals surface area contributed by atoms with Gasteiger partial charge < -0.3 is 4.74 Å². The lowest BCUT2D eigenvalue weighted by atomic mass is 10.2. The van der Waals surface area contributed by atoms with Crippen molar-refractivity contribution >= 4 is 23.9 Å². The fourth-order valence-corrected chi connectivity index (χ4v) is 3.84. The molecule has 0 aliphatic heterocycles. The quantitative estimate of drug-likeness (QED) is 0.239. The smallest absolute Gasteiger partial charge is 0.250 e. The maximum absolute atomic E-state index is 12.4. The van der Waals surface area contributed by atoms with E-state index in [9.17, 15) is 4.79 Å². The lowest BCUT2D eigenvalue weighted by Gasteiger charge is -2.10. The van der Waals surface area contributed by atoms with E-state index in [2.05, 4.69) is 20.7 Å². The second-order valence-electron chi connectivity index (χ2n) is 7.20. The molecular formula is C25H23N5O2S. The third kappa shape index (κ3) is 5.67. The zero-order chi connectivity index (χ0) is 23.0. The SMILES string of the molecule is COc1ccc(/C=N/NC(=O)CSc2nnc(-c3ccccc3)n2-c2ccc(C)cc2)cc1. The monoisotopic (exact) mass is 457 g/mol. The molecule has 0 bridgehead atoms. The van der Waals surface area contributed by atoms with Crippen LogP contribution in [0.1, 0.15) is 11.1 Å². The van der Waals surface area contributed by atoms with Gasteiger partial charge in [-0.25, -0.2) is 5.43 Å². The van der Waals surface area contributed by atoms with Gasteiger partial charge in [-0.15, -0.1) is 10.2 Å². The van der Waals surface area contributed by atoms with Gasteiger partial charge in [-0.2, -0.15) is 5.10 Å². The molecule has 0 aliphatic carbocycles. The first-order valence-corrected chi connectivity index (χ1v) is 11.3. The summed E-state index contributed by atoms with van der Waals surface area (Å²) in [5.74, 6) is 1.41. The van der Waals surface area contributed by atoms with E-state index in [4.69, 9.17) is 4.74 Å². The van der Waals surface area contributed by atoms with E-state index in [1.807, 2.05) is 90.4 Å². The van der Waals surface area contributed by atoms with Gasteiger partial charge >= 0.3 is 0 Å². The zero-order valence-corrected chi connectivity index (χ0v) is 19.1. The molecule has 1 aromatic heterocycles. The van der Waals surface area contributed by atoms with E-state index >= 15 is 0 Å². The summed E-state index contributed by atoms with van der Waals surface area (Å²) in [5, 5.41) is 13.4. The number of hydrogen-bond donors (Lipinski definition) is 1. The van der Waals surface area contributed by atoms with E-state index in [1.165, 1.54) is 11.8 Å². The highest BCUT2D eigenvalue weighted by Crippen LogP contribution is 2.28. The van der Waals surface area contributed by atoms with Crippen molar-refractivity contribution in [3.8, 4) is 22.8 Å². The number of hydrogen-bond acceptors (Lipinski definition) is 6. The number of aryl methyl sites for hydroxylation is 1. The van der Waals surface area contributed by atoms with Crippen LogP contribution in [0.5, 0.6) is 5.75 Å². The van der Waals surface area contributed by atoms with Gasteiger partial charge in [0.25, 0.3) is 5.91 Å². The predicted octanol–water partition coefficient (Wildman–Crippen LogP) is 4.49. The minimum atomic E-state index is -0.232. The van der Waals surface area contributed by atoms with Crippen LogP contribution in [0.3, 0.4) is 0 Å². The minimum absolute atomic E-state index is 0.152. The molecule has 3 aromatic carbocycles. The summed E-state index contributed by atoms with van der Waals surface area (Å²) in [6.07, 6.45) is 1.59. The largest absolute Gasteiger partial charge is 0.497 e. The van der Waals surface area contributed by atoms with Crippen molar-refractivity contribution in [2.75, 3.05) is 12.9 Å². The molecule has 0 unspecified atom stereocenters. The molecule has 0 radical (unpaired) electrons. The Morgan fingerprint density at radius 1 is 1.03 bits per heavy atom. The average molecular weight is 458 g/mol. The van der Waals surface area contributed by atoms with Gasteiger partial charge in [0.15, 0.2) is 11.0 Å². The Morgan fingerprint density at radius 2 is 1.76 bits per heavy atom. The molecule has 1 amide bonds. The van der Waals surface area contributed by atoms with Crippen molar-refractivity contribution in [2.45, 2.75) is 12.1 Å². The van der Waals surface area contributed by atoms with Crippen molar-refractivity contribution in [1.82, 2.24) is 20.2 Å². The zero-order valence-electron chi connectivity index (χ0n) is 18.3. The Hall–Kier alpha value is -3.91. The molecule has 0 saturated carbocycles. The van der Waals surface area contributed by atoms with Gasteiger partial charge in [0.2, 0.25) is 0 Å². The minimum Gasteiger partial charge on any atom is -0.497 e. The maximum atomic E-state index is 12.4. The predicted molar refractivity (Wildman–Crippen MR) is 131 cm³/mol. The van der Waals surface area contributed by atoms with Gasteiger partial charge in [0.1, 0.15) is 5.75 Å². The average Bonchev–Trinajstić information content (AvgIpc) is 3.28. The van der Waals surface area contributed by atoms with Crippen LogP contribution >= 0.6 is 11.8 Å². The highest BCUT2D eigenvalue weighted by atomic mass is 32.2. The fraction of sp³-hybridized carbons (Fsp3) is 0.120. The topological polar surface area (TPSA) is 81.4 Å². The first-order valence-electron chi connectivity index (χ1n) is 10.3. The second-order valence-corrected chi connectivity index (χ2v) is 8.14. The van der Waals surface area contributed by atoms with Crippen LogP contribution < -0.4 is 10.2 Å². The summed E-state index contributed by atoms with van der Waals surface area (Å²) in [6, 6.07) is 25.4. The summed E-state index contributed by atoms with van der Waals surface area (Å²) in [5.41, 5.74) is 6.46. The van der Waals surface area contributed by atoms with Crippen molar-refractivity contribution < 1.29 is 9.53 Å². The summed E-state index contributed by atoms with van der Waals surface area (Å²) in [4.78, 5) is 12.4. The molecule has 0 spiro atoms. The molecule has 4 aromatic rings. The molecule has 1 N–H and O–H groups in total. The molecule has 7 nitrogen and oxygen atoms in total. The third-order valence-electron chi connectivity index (χ3n) is 4.81. The van der Waals surface area contributed by atoms with E-state index in [0.717, 1.165) is 34.0 Å². The molecule has 0 aliphatic rings. The molecule has 0 atom stereocenters. The Kier molecular flexibility index (Phi) is 7.16. The maximum Gasteiger partial charge on any atom is 0.250 e. The number of aromatic nitrogens is 3. The van der Waals surface area contributed by atoms with Crippen LogP contribution in [0, 0.1) is 6.92 Å². The van der Waals surface area contributed by atoms with Gasteiger partial charge in [-0.05, 0) is 48.9 Å². The number of nitrogens with zero attached hydrogens (tertiary/aromatic N) is 4. The van der Waals surface area contributed by atoms with Crippen LogP contribution in [0.2, 0.25) is 0 Å². The normalized spacial score (nSPS) is 11.0. The Balaban J connectivity index is 1.47. The number of carbonyl (C=O) groups is 1. The number of methoxy groups -OCH3 is 1. The number of benzene rings is 3. The second kappa shape index (κ2) is 10.6. The van der Waals surface area contributed by atoms with Gasteiger partial charge in [-0.1, -0.05) is 59.8 Å². The molecule has 4 rings (SSSR count). The number of amides is 1. The first kappa shape index (κ1) is 22.3. The highest BCUT2D eigenvalue weighted by Gasteiger charge is 2.17. The lowest BCUT2D eigenvalue weighted by Crippen LogP contribution is -2.20. The summed E-state index contributed by atoms with van der Waals surface area (Å²) < 4.78 is 7.10. The molecule has 8 heteroatoms. The molecule has 0 fully saturated rings. The van der Waals surface area contributed by atoms with Crippen LogP contribution in [0.15, 0.2) is 89.1 Å². The number of carbonyl (C=O) groups excluding carboxylic acids is 1.